The first kappa shape index (κ1) is 25.2. The normalized spacial score (nSPS) is 13.8. The fourth-order valence-electron chi connectivity index (χ4n) is 3.68. The lowest BCUT2D eigenvalue weighted by Crippen LogP contribution is -2.33. The van der Waals surface area contributed by atoms with Gasteiger partial charge in [-0.25, -0.2) is 9.59 Å². The number of nitrogens with zero attached hydrogens (tertiary/aromatic N) is 1. The van der Waals surface area contributed by atoms with Gasteiger partial charge in [0, 0.05) is 18.4 Å². The third kappa shape index (κ3) is 4.91. The van der Waals surface area contributed by atoms with Crippen molar-refractivity contribution < 1.29 is 33.3 Å². The van der Waals surface area contributed by atoms with Crippen LogP contribution in [0.3, 0.4) is 0 Å². The van der Waals surface area contributed by atoms with Crippen molar-refractivity contribution in [1.82, 2.24) is 4.90 Å². The molecule has 0 unspecified atom stereocenters. The Balaban J connectivity index is 2.84. The van der Waals surface area contributed by atoms with E-state index in [0.717, 1.165) is 0 Å². The minimum Gasteiger partial charge on any atom is -0.493 e. The molecule has 0 atom stereocenters. The minimum atomic E-state index is -0.870. The van der Waals surface area contributed by atoms with Crippen LogP contribution in [-0.2, 0) is 19.1 Å². The van der Waals surface area contributed by atoms with Gasteiger partial charge in [0.1, 0.15) is 0 Å². The fraction of sp³-hybridized carbons (Fsp3) is 0.360. The number of esters is 2. The number of methoxy groups -OCH3 is 3. The summed E-state index contributed by atoms with van der Waals surface area (Å²) in [7, 11) is 6.16. The Morgan fingerprint density at radius 3 is 1.64 bits per heavy atom. The number of carbonyl (C=O) groups excluding carboxylic acids is 2. The Morgan fingerprint density at radius 1 is 0.879 bits per heavy atom. The van der Waals surface area contributed by atoms with E-state index < -0.39 is 17.9 Å². The molecule has 0 N–H and O–H groups in total. The highest BCUT2D eigenvalue weighted by molar-refractivity contribution is 6.00. The summed E-state index contributed by atoms with van der Waals surface area (Å²) in [6, 6.07) is 3.33. The smallest absolute Gasteiger partial charge is 0.337 e. The SMILES string of the molecule is C#CCOC(=O)C1=C(C)N(C)C(C)=C(C(=O)OCC#C)C1c1cc(OC)c(OC)c(OC)c1. The van der Waals surface area contributed by atoms with Crippen molar-refractivity contribution >= 4 is 11.9 Å². The molecule has 1 aromatic carbocycles. The van der Waals surface area contributed by atoms with Crippen molar-refractivity contribution in [3.05, 3.63) is 40.2 Å². The van der Waals surface area contributed by atoms with E-state index in [4.69, 9.17) is 36.5 Å². The molecule has 1 aromatic rings. The molecule has 1 aliphatic rings. The summed E-state index contributed by atoms with van der Waals surface area (Å²) in [5.74, 6) is 3.44. The van der Waals surface area contributed by atoms with Crippen LogP contribution in [0.2, 0.25) is 0 Å². The first-order valence-electron chi connectivity index (χ1n) is 9.93. The van der Waals surface area contributed by atoms with Gasteiger partial charge >= 0.3 is 11.9 Å². The molecule has 0 aliphatic carbocycles. The Labute approximate surface area is 194 Å². The standard InChI is InChI=1S/C25H27NO7/c1-9-11-32-24(27)20-15(3)26(5)16(4)21(25(28)33-12-10-2)22(20)17-13-18(29-6)23(31-8)19(14-17)30-7/h1-2,13-14,22H,11-12H2,3-8H3. The molecular formula is C25H27NO7. The molecule has 0 aromatic heterocycles. The van der Waals surface area contributed by atoms with Gasteiger partial charge in [0.25, 0.3) is 0 Å². The van der Waals surface area contributed by atoms with Crippen LogP contribution in [0.25, 0.3) is 0 Å². The van der Waals surface area contributed by atoms with Gasteiger partial charge in [0.2, 0.25) is 5.75 Å². The number of hydrogen-bond donors (Lipinski definition) is 0. The van der Waals surface area contributed by atoms with Gasteiger partial charge in [-0.2, -0.15) is 0 Å². The summed E-state index contributed by atoms with van der Waals surface area (Å²) in [6.07, 6.45) is 10.5. The predicted molar refractivity (Wildman–Crippen MR) is 122 cm³/mol. The van der Waals surface area contributed by atoms with Crippen LogP contribution in [0.4, 0.5) is 0 Å². The predicted octanol–water partition coefficient (Wildman–Crippen LogP) is 2.64. The third-order valence-corrected chi connectivity index (χ3v) is 5.40. The van der Waals surface area contributed by atoms with Crippen molar-refractivity contribution in [3.8, 4) is 41.9 Å². The van der Waals surface area contributed by atoms with Gasteiger partial charge in [0.05, 0.1) is 38.4 Å². The molecule has 0 fully saturated rings. The van der Waals surface area contributed by atoms with Crippen LogP contribution in [0.15, 0.2) is 34.7 Å². The van der Waals surface area contributed by atoms with Crippen LogP contribution in [0.1, 0.15) is 25.3 Å². The van der Waals surface area contributed by atoms with E-state index in [1.807, 2.05) is 0 Å². The average molecular weight is 453 g/mol. The maximum Gasteiger partial charge on any atom is 0.337 e. The molecule has 8 nitrogen and oxygen atoms in total. The number of benzene rings is 1. The molecular weight excluding hydrogens is 426 g/mol. The quantitative estimate of drug-likeness (QED) is 0.439. The van der Waals surface area contributed by atoms with Crippen LogP contribution >= 0.6 is 0 Å². The molecule has 33 heavy (non-hydrogen) atoms. The second-order valence-electron chi connectivity index (χ2n) is 7.01. The van der Waals surface area contributed by atoms with E-state index in [1.165, 1.54) is 21.3 Å². The minimum absolute atomic E-state index is 0.221. The van der Waals surface area contributed by atoms with Gasteiger partial charge in [-0.05, 0) is 31.5 Å². The number of allylic oxidation sites excluding steroid dienone is 2. The van der Waals surface area contributed by atoms with Gasteiger partial charge in [-0.3, -0.25) is 0 Å². The van der Waals surface area contributed by atoms with Crippen molar-refractivity contribution in [2.45, 2.75) is 19.8 Å². The van der Waals surface area contributed by atoms with E-state index >= 15 is 0 Å². The Kier molecular flexibility index (Phi) is 8.42. The number of terminal acetylenes is 2. The van der Waals surface area contributed by atoms with Crippen molar-refractivity contribution in [2.75, 3.05) is 41.6 Å². The highest BCUT2D eigenvalue weighted by Gasteiger charge is 2.40. The third-order valence-electron chi connectivity index (χ3n) is 5.40. The fourth-order valence-corrected chi connectivity index (χ4v) is 3.68. The van der Waals surface area contributed by atoms with Gasteiger partial charge in [-0.1, -0.05) is 11.8 Å². The maximum absolute atomic E-state index is 13.1. The zero-order valence-corrected chi connectivity index (χ0v) is 19.6. The highest BCUT2D eigenvalue weighted by atomic mass is 16.5. The van der Waals surface area contributed by atoms with E-state index in [0.29, 0.717) is 34.2 Å². The molecule has 1 aliphatic heterocycles. The van der Waals surface area contributed by atoms with Crippen molar-refractivity contribution in [2.24, 2.45) is 0 Å². The lowest BCUT2D eigenvalue weighted by molar-refractivity contribution is -0.138. The number of ether oxygens (including phenoxy) is 5. The Hall–Kier alpha value is -4.04. The summed E-state index contributed by atoms with van der Waals surface area (Å²) in [6.45, 7) is 3.07. The molecule has 0 spiro atoms. The highest BCUT2D eigenvalue weighted by Crippen LogP contribution is 2.47. The molecule has 0 bridgehead atoms. The molecule has 174 valence electrons. The molecule has 2 rings (SSSR count). The Morgan fingerprint density at radius 2 is 1.30 bits per heavy atom. The molecule has 1 heterocycles. The molecule has 8 heteroatoms. The van der Waals surface area contributed by atoms with Crippen LogP contribution in [0.5, 0.6) is 17.2 Å². The molecule has 0 amide bonds. The van der Waals surface area contributed by atoms with Crippen LogP contribution < -0.4 is 14.2 Å². The summed E-state index contributed by atoms with van der Waals surface area (Å²) in [4.78, 5) is 28.0. The zero-order chi connectivity index (χ0) is 24.7. The Bertz CT molecular complexity index is 1010. The number of carbonyl (C=O) groups is 2. The second kappa shape index (κ2) is 11.0. The van der Waals surface area contributed by atoms with Gasteiger partial charge in [-0.15, -0.1) is 12.8 Å². The van der Waals surface area contributed by atoms with Crippen LogP contribution in [-0.4, -0.2) is 58.4 Å². The number of hydrogen-bond acceptors (Lipinski definition) is 8. The largest absolute Gasteiger partial charge is 0.493 e. The maximum atomic E-state index is 13.1. The second-order valence-corrected chi connectivity index (χ2v) is 7.01. The molecule has 0 saturated heterocycles. The average Bonchev–Trinajstić information content (AvgIpc) is 2.82. The topological polar surface area (TPSA) is 83.5 Å². The van der Waals surface area contributed by atoms with Gasteiger partial charge in [0.15, 0.2) is 24.7 Å². The lowest BCUT2D eigenvalue weighted by atomic mass is 9.79. The number of rotatable bonds is 8. The summed E-state index contributed by atoms with van der Waals surface area (Å²) in [5.41, 5.74) is 2.14. The monoisotopic (exact) mass is 453 g/mol. The first-order valence-corrected chi connectivity index (χ1v) is 9.93. The molecule has 0 saturated carbocycles. The summed E-state index contributed by atoms with van der Waals surface area (Å²) < 4.78 is 26.9. The van der Waals surface area contributed by atoms with E-state index in [9.17, 15) is 9.59 Å². The summed E-state index contributed by atoms with van der Waals surface area (Å²) >= 11 is 0. The summed E-state index contributed by atoms with van der Waals surface area (Å²) in [5, 5.41) is 0. The van der Waals surface area contributed by atoms with Crippen LogP contribution in [0, 0.1) is 24.7 Å². The van der Waals surface area contributed by atoms with E-state index in [2.05, 4.69) is 11.8 Å². The zero-order valence-electron chi connectivity index (χ0n) is 19.6. The van der Waals surface area contributed by atoms with Gasteiger partial charge < -0.3 is 28.6 Å². The first-order chi connectivity index (χ1) is 15.8. The molecule has 0 radical (unpaired) electrons. The van der Waals surface area contributed by atoms with Crippen molar-refractivity contribution in [3.63, 3.8) is 0 Å². The lowest BCUT2D eigenvalue weighted by Gasteiger charge is -2.36. The van der Waals surface area contributed by atoms with E-state index in [-0.39, 0.29) is 24.4 Å². The van der Waals surface area contributed by atoms with Crippen molar-refractivity contribution in [1.29, 1.82) is 0 Å². The van der Waals surface area contributed by atoms with E-state index in [1.54, 1.807) is 37.9 Å².